The Morgan fingerprint density at radius 3 is 2.75 bits per heavy atom. The number of hydrogen-bond donors (Lipinski definition) is 2. The molecule has 0 atom stereocenters. The molecular formula is C12H14N2OS. The normalized spacial score (nSPS) is 10.5. The summed E-state index contributed by atoms with van der Waals surface area (Å²) in [4.78, 5) is 13.7. The molecule has 2 rings (SSSR count). The van der Waals surface area contributed by atoms with Gasteiger partial charge in [-0.1, -0.05) is 41.7 Å². The largest absolute Gasteiger partial charge is 0.315 e. The fourth-order valence-electron chi connectivity index (χ4n) is 1.50. The molecule has 0 aliphatic rings. The minimum Gasteiger partial charge on any atom is -0.315 e. The fourth-order valence-corrected chi connectivity index (χ4v) is 2.08. The van der Waals surface area contributed by atoms with Crippen LogP contribution >= 0.6 is 11.3 Å². The summed E-state index contributed by atoms with van der Waals surface area (Å²) in [5.41, 5.74) is 2.29. The summed E-state index contributed by atoms with van der Waals surface area (Å²) in [6.45, 7) is 1.65. The van der Waals surface area contributed by atoms with E-state index in [4.69, 9.17) is 0 Å². The van der Waals surface area contributed by atoms with Gasteiger partial charge in [0.1, 0.15) is 0 Å². The van der Waals surface area contributed by atoms with Gasteiger partial charge in [0.15, 0.2) is 0 Å². The molecule has 0 bridgehead atoms. The zero-order valence-electron chi connectivity index (χ0n) is 8.90. The predicted octanol–water partition coefficient (Wildman–Crippen LogP) is 1.77. The molecule has 0 unspecified atom stereocenters. The molecule has 84 valence electrons. The molecule has 0 aliphatic carbocycles. The average molecular weight is 234 g/mol. The van der Waals surface area contributed by atoms with Crippen LogP contribution in [0.25, 0.3) is 0 Å². The molecule has 1 aromatic heterocycles. The molecule has 3 nitrogen and oxygen atoms in total. The zero-order valence-corrected chi connectivity index (χ0v) is 9.72. The fraction of sp³-hybridized carbons (Fsp3) is 0.250. The minimum absolute atomic E-state index is 0.0138. The second-order valence-corrected chi connectivity index (χ2v) is 4.43. The van der Waals surface area contributed by atoms with Gasteiger partial charge < -0.3 is 10.3 Å². The molecule has 0 amide bonds. The molecule has 0 fully saturated rings. The Bertz CT molecular complexity index is 475. The van der Waals surface area contributed by atoms with E-state index in [1.165, 1.54) is 16.9 Å². The molecule has 0 spiro atoms. The maximum absolute atomic E-state index is 10.9. The van der Waals surface area contributed by atoms with Gasteiger partial charge in [0.25, 0.3) is 0 Å². The molecule has 0 aliphatic heterocycles. The van der Waals surface area contributed by atoms with E-state index in [0.717, 1.165) is 25.2 Å². The van der Waals surface area contributed by atoms with Crippen LogP contribution in [0.4, 0.5) is 0 Å². The van der Waals surface area contributed by atoms with E-state index in [-0.39, 0.29) is 4.87 Å². The van der Waals surface area contributed by atoms with Gasteiger partial charge in [0.05, 0.1) is 0 Å². The standard InChI is InChI=1S/C12H14N2OS/c15-12-14-11(9-16-12)8-13-7-6-10-4-2-1-3-5-10/h1-5,9,13H,6-8H2,(H,14,15). The summed E-state index contributed by atoms with van der Waals surface area (Å²) in [5.74, 6) is 0. The van der Waals surface area contributed by atoms with Gasteiger partial charge in [-0.25, -0.2) is 0 Å². The molecule has 1 aromatic carbocycles. The quantitative estimate of drug-likeness (QED) is 0.774. The van der Waals surface area contributed by atoms with Gasteiger partial charge in [-0.3, -0.25) is 4.79 Å². The van der Waals surface area contributed by atoms with E-state index in [2.05, 4.69) is 22.4 Å². The number of thiazole rings is 1. The molecular weight excluding hydrogens is 220 g/mol. The average Bonchev–Trinajstić information content (AvgIpc) is 2.72. The second kappa shape index (κ2) is 5.63. The SMILES string of the molecule is O=c1[nH]c(CNCCc2ccccc2)cs1. The molecule has 0 radical (unpaired) electrons. The number of benzene rings is 1. The van der Waals surface area contributed by atoms with Crippen molar-refractivity contribution in [3.8, 4) is 0 Å². The highest BCUT2D eigenvalue weighted by Crippen LogP contribution is 1.99. The van der Waals surface area contributed by atoms with Gasteiger partial charge in [0.2, 0.25) is 0 Å². The molecule has 4 heteroatoms. The van der Waals surface area contributed by atoms with Crippen molar-refractivity contribution in [3.63, 3.8) is 0 Å². The first-order valence-electron chi connectivity index (χ1n) is 5.26. The predicted molar refractivity (Wildman–Crippen MR) is 66.8 cm³/mol. The Balaban J connectivity index is 1.71. The van der Waals surface area contributed by atoms with Gasteiger partial charge in [0, 0.05) is 17.6 Å². The number of hydrogen-bond acceptors (Lipinski definition) is 3. The van der Waals surface area contributed by atoms with E-state index in [1.54, 1.807) is 0 Å². The summed E-state index contributed by atoms with van der Waals surface area (Å²) < 4.78 is 0. The minimum atomic E-state index is 0.0138. The Kier molecular flexibility index (Phi) is 3.91. The topological polar surface area (TPSA) is 44.9 Å². The van der Waals surface area contributed by atoms with Crippen LogP contribution in [-0.2, 0) is 13.0 Å². The Morgan fingerprint density at radius 1 is 1.25 bits per heavy atom. The van der Waals surface area contributed by atoms with Crippen LogP contribution in [0.5, 0.6) is 0 Å². The number of aromatic amines is 1. The van der Waals surface area contributed by atoms with Crippen molar-refractivity contribution in [1.82, 2.24) is 10.3 Å². The van der Waals surface area contributed by atoms with E-state index < -0.39 is 0 Å². The van der Waals surface area contributed by atoms with Crippen LogP contribution in [0.15, 0.2) is 40.5 Å². The van der Waals surface area contributed by atoms with Gasteiger partial charge >= 0.3 is 4.87 Å². The lowest BCUT2D eigenvalue weighted by Crippen LogP contribution is -2.17. The first-order chi connectivity index (χ1) is 7.84. The van der Waals surface area contributed by atoms with Crippen LogP contribution in [0.3, 0.4) is 0 Å². The van der Waals surface area contributed by atoms with Crippen molar-refractivity contribution < 1.29 is 0 Å². The molecule has 0 saturated carbocycles. The summed E-state index contributed by atoms with van der Waals surface area (Å²) in [5, 5.41) is 5.16. The van der Waals surface area contributed by atoms with Crippen molar-refractivity contribution in [3.05, 3.63) is 56.6 Å². The third-order valence-corrected chi connectivity index (χ3v) is 3.04. The van der Waals surface area contributed by atoms with Gasteiger partial charge in [-0.15, -0.1) is 0 Å². The highest BCUT2D eigenvalue weighted by Gasteiger charge is 1.96. The number of rotatable bonds is 5. The lowest BCUT2D eigenvalue weighted by atomic mass is 10.1. The molecule has 2 N–H and O–H groups in total. The highest BCUT2D eigenvalue weighted by molar-refractivity contribution is 7.07. The lowest BCUT2D eigenvalue weighted by Gasteiger charge is -2.02. The first-order valence-corrected chi connectivity index (χ1v) is 6.14. The van der Waals surface area contributed by atoms with Crippen LogP contribution in [-0.4, -0.2) is 11.5 Å². The van der Waals surface area contributed by atoms with Crippen LogP contribution < -0.4 is 10.2 Å². The second-order valence-electron chi connectivity index (χ2n) is 3.59. The molecule has 1 heterocycles. The zero-order chi connectivity index (χ0) is 11.2. The lowest BCUT2D eigenvalue weighted by molar-refractivity contribution is 0.676. The van der Waals surface area contributed by atoms with E-state index in [1.807, 2.05) is 23.6 Å². The summed E-state index contributed by atoms with van der Waals surface area (Å²) in [7, 11) is 0. The van der Waals surface area contributed by atoms with Crippen molar-refractivity contribution >= 4 is 11.3 Å². The summed E-state index contributed by atoms with van der Waals surface area (Å²) >= 11 is 1.21. The molecule has 2 aromatic rings. The maximum atomic E-state index is 10.9. The van der Waals surface area contributed by atoms with Crippen molar-refractivity contribution in [2.45, 2.75) is 13.0 Å². The molecule has 0 saturated heterocycles. The van der Waals surface area contributed by atoms with Crippen molar-refractivity contribution in [2.75, 3.05) is 6.54 Å². The number of aromatic nitrogens is 1. The van der Waals surface area contributed by atoms with E-state index in [9.17, 15) is 4.79 Å². The van der Waals surface area contributed by atoms with Crippen molar-refractivity contribution in [1.29, 1.82) is 0 Å². The van der Waals surface area contributed by atoms with Crippen LogP contribution in [0, 0.1) is 0 Å². The smallest absolute Gasteiger partial charge is 0.304 e. The van der Waals surface area contributed by atoms with Crippen LogP contribution in [0.1, 0.15) is 11.3 Å². The van der Waals surface area contributed by atoms with Crippen molar-refractivity contribution in [2.24, 2.45) is 0 Å². The third kappa shape index (κ3) is 3.32. The Labute approximate surface area is 98.2 Å². The van der Waals surface area contributed by atoms with E-state index >= 15 is 0 Å². The first kappa shape index (κ1) is 11.1. The monoisotopic (exact) mass is 234 g/mol. The number of H-pyrrole nitrogens is 1. The van der Waals surface area contributed by atoms with Crippen LogP contribution in [0.2, 0.25) is 0 Å². The van der Waals surface area contributed by atoms with Gasteiger partial charge in [-0.05, 0) is 18.5 Å². The Hall–Kier alpha value is -1.39. The summed E-state index contributed by atoms with van der Waals surface area (Å²) in [6, 6.07) is 10.4. The van der Waals surface area contributed by atoms with E-state index in [0.29, 0.717) is 0 Å². The number of nitrogens with one attached hydrogen (secondary N) is 2. The third-order valence-electron chi connectivity index (χ3n) is 2.32. The maximum Gasteiger partial charge on any atom is 0.304 e. The highest BCUT2D eigenvalue weighted by atomic mass is 32.1. The Morgan fingerprint density at radius 2 is 2.06 bits per heavy atom. The summed E-state index contributed by atoms with van der Waals surface area (Å²) in [6.07, 6.45) is 1.01. The molecule has 16 heavy (non-hydrogen) atoms. The van der Waals surface area contributed by atoms with Gasteiger partial charge in [-0.2, -0.15) is 0 Å².